The van der Waals surface area contributed by atoms with Gasteiger partial charge >= 0.3 is 6.18 Å². The molecule has 0 spiro atoms. The number of benzene rings is 1. The maximum absolute atomic E-state index is 12.7. The summed E-state index contributed by atoms with van der Waals surface area (Å²) in [5.74, 6) is -0.764. The van der Waals surface area contributed by atoms with Crippen LogP contribution in [-0.2, 0) is 17.5 Å². The molecule has 28 heavy (non-hydrogen) atoms. The van der Waals surface area contributed by atoms with E-state index in [0.717, 1.165) is 11.1 Å². The zero-order chi connectivity index (χ0) is 20.1. The number of hydrogen-bond acceptors (Lipinski definition) is 5. The van der Waals surface area contributed by atoms with Crippen molar-refractivity contribution in [3.63, 3.8) is 0 Å². The van der Waals surface area contributed by atoms with Crippen molar-refractivity contribution >= 4 is 5.91 Å². The largest absolute Gasteiger partial charge is 0.455 e. The Morgan fingerprint density at radius 2 is 2.00 bits per heavy atom. The van der Waals surface area contributed by atoms with E-state index >= 15 is 0 Å². The fraction of sp³-hybridized carbons (Fsp3) is 0.526. The third kappa shape index (κ3) is 3.39. The Hall–Kier alpha value is -2.42. The van der Waals surface area contributed by atoms with Crippen LogP contribution in [0.2, 0.25) is 0 Å². The number of aryl methyl sites for hydroxylation is 1. The van der Waals surface area contributed by atoms with E-state index in [0.29, 0.717) is 19.6 Å². The Labute approximate surface area is 160 Å². The lowest BCUT2D eigenvalue weighted by Gasteiger charge is -2.30. The molecule has 0 radical (unpaired) electrons. The molecular weight excluding hydrogens is 373 g/mol. The van der Waals surface area contributed by atoms with Gasteiger partial charge in [0.2, 0.25) is 11.8 Å². The van der Waals surface area contributed by atoms with E-state index in [2.05, 4.69) is 16.2 Å². The van der Waals surface area contributed by atoms with Gasteiger partial charge in [0.05, 0.1) is 12.6 Å². The van der Waals surface area contributed by atoms with Crippen molar-refractivity contribution in [2.75, 3.05) is 19.6 Å². The van der Waals surface area contributed by atoms with Crippen molar-refractivity contribution in [2.24, 2.45) is 11.8 Å². The maximum atomic E-state index is 12.7. The standard InChI is InChI=1S/C19H21F3N4O2/c1-11-5-3-4-6-14(11)17-15-9-25(7-13(15)8-26(17)12(2)27)10-16-23-18(24-28-16)19(20,21)22/h3-6,13,15,17H,7-10H2,1-2H3/t13-,15-,17-/m1/s1. The number of halogens is 3. The number of rotatable bonds is 3. The van der Waals surface area contributed by atoms with Crippen LogP contribution < -0.4 is 0 Å². The zero-order valence-electron chi connectivity index (χ0n) is 15.6. The van der Waals surface area contributed by atoms with Crippen molar-refractivity contribution < 1.29 is 22.5 Å². The van der Waals surface area contributed by atoms with Gasteiger partial charge < -0.3 is 9.42 Å². The molecule has 0 N–H and O–H groups in total. The summed E-state index contributed by atoms with van der Waals surface area (Å²) in [6, 6.07) is 8.00. The minimum absolute atomic E-state index is 0.0258. The molecule has 0 unspecified atom stereocenters. The highest BCUT2D eigenvalue weighted by molar-refractivity contribution is 5.74. The molecular formula is C19H21F3N4O2. The summed E-state index contributed by atoms with van der Waals surface area (Å²) < 4.78 is 42.8. The number of alkyl halides is 3. The van der Waals surface area contributed by atoms with Crippen LogP contribution in [-0.4, -0.2) is 45.5 Å². The van der Waals surface area contributed by atoms with Gasteiger partial charge in [0.25, 0.3) is 5.82 Å². The lowest BCUT2D eigenvalue weighted by atomic mass is 9.87. The first-order valence-electron chi connectivity index (χ1n) is 9.19. The normalized spacial score (nSPS) is 25.3. The van der Waals surface area contributed by atoms with Crippen LogP contribution in [0.15, 0.2) is 28.8 Å². The van der Waals surface area contributed by atoms with Crippen molar-refractivity contribution in [3.05, 3.63) is 47.1 Å². The van der Waals surface area contributed by atoms with Gasteiger partial charge in [-0.15, -0.1) is 0 Å². The molecule has 1 aromatic carbocycles. The summed E-state index contributed by atoms with van der Waals surface area (Å²) in [6.07, 6.45) is -4.61. The zero-order valence-corrected chi connectivity index (χ0v) is 15.6. The van der Waals surface area contributed by atoms with Gasteiger partial charge in [0, 0.05) is 32.5 Å². The molecule has 6 nitrogen and oxygen atoms in total. The van der Waals surface area contributed by atoms with Crippen LogP contribution in [0.3, 0.4) is 0 Å². The van der Waals surface area contributed by atoms with Gasteiger partial charge in [-0.05, 0) is 24.0 Å². The molecule has 0 bridgehead atoms. The van der Waals surface area contributed by atoms with Gasteiger partial charge in [-0.25, -0.2) is 0 Å². The van der Waals surface area contributed by atoms with E-state index in [4.69, 9.17) is 4.52 Å². The Kier molecular flexibility index (Phi) is 4.65. The number of nitrogens with zero attached hydrogens (tertiary/aromatic N) is 4. The summed E-state index contributed by atoms with van der Waals surface area (Å²) in [4.78, 5) is 19.6. The fourth-order valence-corrected chi connectivity index (χ4v) is 4.53. The molecule has 1 amide bonds. The van der Waals surface area contributed by atoms with Crippen molar-refractivity contribution in [3.8, 4) is 0 Å². The molecule has 4 rings (SSSR count). The summed E-state index contributed by atoms with van der Waals surface area (Å²) in [7, 11) is 0. The minimum atomic E-state index is -4.61. The number of likely N-dealkylation sites (tertiary alicyclic amines) is 2. The molecule has 9 heteroatoms. The topological polar surface area (TPSA) is 62.5 Å². The fourth-order valence-electron chi connectivity index (χ4n) is 4.53. The van der Waals surface area contributed by atoms with Gasteiger partial charge in [-0.3, -0.25) is 9.69 Å². The summed E-state index contributed by atoms with van der Waals surface area (Å²) in [6.45, 7) is 5.79. The van der Waals surface area contributed by atoms with Gasteiger partial charge in [0.15, 0.2) is 0 Å². The third-order valence-corrected chi connectivity index (χ3v) is 5.73. The van der Waals surface area contributed by atoms with E-state index in [1.807, 2.05) is 34.9 Å². The summed E-state index contributed by atoms with van der Waals surface area (Å²) in [5.41, 5.74) is 2.26. The van der Waals surface area contributed by atoms with E-state index in [1.165, 1.54) is 0 Å². The molecule has 0 saturated carbocycles. The minimum Gasteiger partial charge on any atom is -0.338 e. The van der Waals surface area contributed by atoms with E-state index in [-0.39, 0.29) is 36.2 Å². The third-order valence-electron chi connectivity index (χ3n) is 5.73. The van der Waals surface area contributed by atoms with Gasteiger partial charge in [-0.2, -0.15) is 18.2 Å². The first kappa shape index (κ1) is 18.9. The highest BCUT2D eigenvalue weighted by Crippen LogP contribution is 2.46. The molecule has 2 fully saturated rings. The summed E-state index contributed by atoms with van der Waals surface area (Å²) >= 11 is 0. The number of aromatic nitrogens is 2. The molecule has 2 saturated heterocycles. The van der Waals surface area contributed by atoms with Crippen molar-refractivity contribution in [1.82, 2.24) is 19.9 Å². The second-order valence-electron chi connectivity index (χ2n) is 7.60. The highest BCUT2D eigenvalue weighted by Gasteiger charge is 2.49. The maximum Gasteiger partial charge on any atom is 0.455 e. The van der Waals surface area contributed by atoms with E-state index in [9.17, 15) is 18.0 Å². The Morgan fingerprint density at radius 3 is 2.64 bits per heavy atom. The number of fused-ring (bicyclic) bond motifs is 1. The predicted molar refractivity (Wildman–Crippen MR) is 92.9 cm³/mol. The second-order valence-corrected chi connectivity index (χ2v) is 7.60. The Balaban J connectivity index is 1.53. The summed E-state index contributed by atoms with van der Waals surface area (Å²) in [5, 5.41) is 3.02. The molecule has 1 aromatic heterocycles. The first-order chi connectivity index (χ1) is 13.2. The Bertz CT molecular complexity index is 882. The molecule has 3 atom stereocenters. The molecule has 3 heterocycles. The monoisotopic (exact) mass is 394 g/mol. The van der Waals surface area contributed by atoms with Crippen molar-refractivity contribution in [1.29, 1.82) is 0 Å². The lowest BCUT2D eigenvalue weighted by molar-refractivity contribution is -0.146. The van der Waals surface area contributed by atoms with Crippen LogP contribution in [0.1, 0.15) is 35.8 Å². The predicted octanol–water partition coefficient (Wildman–Crippen LogP) is 3.05. The molecule has 2 aromatic rings. The average Bonchev–Trinajstić information content (AvgIpc) is 3.29. The van der Waals surface area contributed by atoms with Gasteiger partial charge in [0.1, 0.15) is 0 Å². The Morgan fingerprint density at radius 1 is 1.25 bits per heavy atom. The quantitative estimate of drug-likeness (QED) is 0.801. The smallest absolute Gasteiger partial charge is 0.338 e. The van der Waals surface area contributed by atoms with Crippen LogP contribution >= 0.6 is 0 Å². The average molecular weight is 394 g/mol. The SMILES string of the molecule is CC(=O)N1C[C@H]2CN(Cc3nc(C(F)(F)F)no3)C[C@H]2[C@H]1c1ccccc1C. The number of carbonyl (C=O) groups is 1. The van der Waals surface area contributed by atoms with Gasteiger partial charge in [-0.1, -0.05) is 29.4 Å². The van der Waals surface area contributed by atoms with Crippen molar-refractivity contribution in [2.45, 2.75) is 32.6 Å². The van der Waals surface area contributed by atoms with E-state index < -0.39 is 12.0 Å². The number of amides is 1. The van der Waals surface area contributed by atoms with Crippen LogP contribution in [0, 0.1) is 18.8 Å². The van der Waals surface area contributed by atoms with Crippen LogP contribution in [0.4, 0.5) is 13.2 Å². The lowest BCUT2D eigenvalue weighted by Crippen LogP contribution is -2.34. The second kappa shape index (κ2) is 6.88. The van der Waals surface area contributed by atoms with Crippen LogP contribution in [0.5, 0.6) is 0 Å². The van der Waals surface area contributed by atoms with E-state index in [1.54, 1.807) is 6.92 Å². The molecule has 2 aliphatic rings. The van der Waals surface area contributed by atoms with Crippen LogP contribution in [0.25, 0.3) is 0 Å². The number of hydrogen-bond donors (Lipinski definition) is 0. The first-order valence-corrected chi connectivity index (χ1v) is 9.19. The highest BCUT2D eigenvalue weighted by atomic mass is 19.4. The molecule has 0 aliphatic carbocycles. The molecule has 2 aliphatic heterocycles. The molecule has 150 valence electrons. The number of carbonyl (C=O) groups excluding carboxylic acids is 1.